The van der Waals surface area contributed by atoms with Crippen LogP contribution in [0.2, 0.25) is 5.02 Å². The Bertz CT molecular complexity index is 872. The van der Waals surface area contributed by atoms with Gasteiger partial charge in [0, 0.05) is 32.5 Å². The lowest BCUT2D eigenvalue weighted by atomic mass is 10.1. The Morgan fingerprint density at radius 2 is 1.79 bits per heavy atom. The predicted octanol–water partition coefficient (Wildman–Crippen LogP) is 2.30. The number of hydrogen-bond donors (Lipinski definition) is 1. The summed E-state index contributed by atoms with van der Waals surface area (Å²) >= 11 is 6.04. The third-order valence-corrected chi connectivity index (χ3v) is 3.99. The number of nitrogens with zero attached hydrogens (tertiary/aromatic N) is 2. The largest absolute Gasteiger partial charge is 0.345 e. The van der Waals surface area contributed by atoms with Crippen LogP contribution in [0.4, 0.5) is 5.69 Å². The fourth-order valence-corrected chi connectivity index (χ4v) is 2.31. The molecule has 2 rings (SSSR count). The van der Waals surface area contributed by atoms with Crippen LogP contribution in [0, 0.1) is 6.92 Å². The maximum atomic E-state index is 12.3. The van der Waals surface area contributed by atoms with Gasteiger partial charge in [0.05, 0.1) is 10.6 Å². The first-order valence-corrected chi connectivity index (χ1v) is 7.59. The van der Waals surface area contributed by atoms with E-state index >= 15 is 0 Å². The number of nitrogens with one attached hydrogen (secondary N) is 1. The molecule has 0 aliphatic carbocycles. The highest BCUT2D eigenvalue weighted by Gasteiger charge is 2.16. The maximum Gasteiger partial charge on any atom is 0.263 e. The normalized spacial score (nSPS) is 10.4. The van der Waals surface area contributed by atoms with E-state index in [-0.39, 0.29) is 27.6 Å². The van der Waals surface area contributed by atoms with Gasteiger partial charge in [-0.25, -0.2) is 0 Å². The van der Waals surface area contributed by atoms with Crippen LogP contribution in [-0.2, 0) is 7.05 Å². The van der Waals surface area contributed by atoms with Crippen molar-refractivity contribution in [2.24, 2.45) is 7.05 Å². The summed E-state index contributed by atoms with van der Waals surface area (Å²) < 4.78 is 1.40. The van der Waals surface area contributed by atoms with Gasteiger partial charge < -0.3 is 14.8 Å². The van der Waals surface area contributed by atoms with E-state index in [1.807, 2.05) is 0 Å². The number of halogens is 1. The quantitative estimate of drug-likeness (QED) is 0.926. The molecule has 0 aliphatic rings. The lowest BCUT2D eigenvalue weighted by molar-refractivity contribution is 0.0827. The first-order valence-electron chi connectivity index (χ1n) is 7.21. The topological polar surface area (TPSA) is 71.4 Å². The van der Waals surface area contributed by atoms with Gasteiger partial charge in [0.15, 0.2) is 0 Å². The minimum Gasteiger partial charge on any atom is -0.345 e. The Morgan fingerprint density at radius 1 is 1.12 bits per heavy atom. The van der Waals surface area contributed by atoms with E-state index in [0.717, 1.165) is 5.69 Å². The molecule has 1 aromatic heterocycles. The first-order chi connectivity index (χ1) is 11.2. The first kappa shape index (κ1) is 17.7. The average molecular weight is 348 g/mol. The van der Waals surface area contributed by atoms with E-state index in [1.54, 1.807) is 40.2 Å². The zero-order valence-corrected chi connectivity index (χ0v) is 14.6. The van der Waals surface area contributed by atoms with Gasteiger partial charge in [0.25, 0.3) is 17.4 Å². The molecule has 0 unspecified atom stereocenters. The van der Waals surface area contributed by atoms with Crippen LogP contribution in [0.3, 0.4) is 0 Å². The van der Waals surface area contributed by atoms with Crippen LogP contribution in [0.25, 0.3) is 0 Å². The fraction of sp³-hybridized carbons (Fsp3) is 0.235. The molecule has 0 spiro atoms. The van der Waals surface area contributed by atoms with E-state index < -0.39 is 5.91 Å². The molecule has 7 heteroatoms. The summed E-state index contributed by atoms with van der Waals surface area (Å²) in [5.74, 6) is -0.816. The van der Waals surface area contributed by atoms with Crippen LogP contribution in [-0.4, -0.2) is 35.4 Å². The van der Waals surface area contributed by atoms with Crippen LogP contribution in [0.1, 0.15) is 26.4 Å². The second-order valence-electron chi connectivity index (χ2n) is 5.60. The number of carbonyl (C=O) groups is 2. The lowest BCUT2D eigenvalue weighted by Crippen LogP contribution is -2.28. The molecule has 24 heavy (non-hydrogen) atoms. The molecule has 0 fully saturated rings. The summed E-state index contributed by atoms with van der Waals surface area (Å²) in [5, 5.41) is 2.92. The van der Waals surface area contributed by atoms with Crippen molar-refractivity contribution in [1.29, 1.82) is 0 Å². The summed E-state index contributed by atoms with van der Waals surface area (Å²) in [7, 11) is 4.82. The van der Waals surface area contributed by atoms with Crippen LogP contribution < -0.4 is 10.9 Å². The zero-order chi connectivity index (χ0) is 18.0. The Labute approximate surface area is 144 Å². The molecule has 126 valence electrons. The standard InChI is InChI=1S/C17H18ClN3O3/c1-10-5-7-12(17(24)21(10)4)15(22)19-11-6-8-14(18)13(9-11)16(23)20(2)3/h5-9H,1-4H3,(H,19,22). The van der Waals surface area contributed by atoms with Crippen molar-refractivity contribution in [1.82, 2.24) is 9.47 Å². The average Bonchev–Trinajstić information content (AvgIpc) is 2.53. The molecule has 0 saturated heterocycles. The van der Waals surface area contributed by atoms with Gasteiger partial charge in [-0.15, -0.1) is 0 Å². The summed E-state index contributed by atoms with van der Waals surface area (Å²) in [5.41, 5.74) is 1.06. The number of pyridine rings is 1. The zero-order valence-electron chi connectivity index (χ0n) is 13.9. The van der Waals surface area contributed by atoms with Gasteiger partial charge in [-0.3, -0.25) is 14.4 Å². The van der Waals surface area contributed by atoms with E-state index in [9.17, 15) is 14.4 Å². The van der Waals surface area contributed by atoms with Crippen LogP contribution in [0.15, 0.2) is 35.1 Å². The van der Waals surface area contributed by atoms with Crippen molar-refractivity contribution in [3.8, 4) is 0 Å². The van der Waals surface area contributed by atoms with E-state index in [4.69, 9.17) is 11.6 Å². The van der Waals surface area contributed by atoms with Crippen LogP contribution >= 0.6 is 11.6 Å². The molecule has 1 aromatic carbocycles. The van der Waals surface area contributed by atoms with E-state index in [2.05, 4.69) is 5.32 Å². The molecule has 1 N–H and O–H groups in total. The Morgan fingerprint density at radius 3 is 2.42 bits per heavy atom. The second-order valence-corrected chi connectivity index (χ2v) is 6.01. The highest BCUT2D eigenvalue weighted by Crippen LogP contribution is 2.22. The number of benzene rings is 1. The number of carbonyl (C=O) groups excluding carboxylic acids is 2. The smallest absolute Gasteiger partial charge is 0.263 e. The third kappa shape index (κ3) is 3.49. The van der Waals surface area contributed by atoms with Gasteiger partial charge in [0.2, 0.25) is 0 Å². The Kier molecular flexibility index (Phi) is 5.09. The monoisotopic (exact) mass is 347 g/mol. The number of amides is 2. The maximum absolute atomic E-state index is 12.3. The minimum atomic E-state index is -0.541. The van der Waals surface area contributed by atoms with Crippen molar-refractivity contribution in [3.63, 3.8) is 0 Å². The highest BCUT2D eigenvalue weighted by atomic mass is 35.5. The number of aromatic nitrogens is 1. The van der Waals surface area contributed by atoms with Crippen molar-refractivity contribution < 1.29 is 9.59 Å². The summed E-state index contributed by atoms with van der Waals surface area (Å²) in [4.78, 5) is 38.0. The van der Waals surface area contributed by atoms with Gasteiger partial charge in [-0.05, 0) is 37.3 Å². The summed E-state index contributed by atoms with van der Waals surface area (Å²) in [6.45, 7) is 1.78. The molecule has 2 aromatic rings. The number of aryl methyl sites for hydroxylation is 1. The molecular weight excluding hydrogens is 330 g/mol. The van der Waals surface area contributed by atoms with Crippen molar-refractivity contribution in [2.45, 2.75) is 6.92 Å². The number of hydrogen-bond acceptors (Lipinski definition) is 3. The summed E-state index contributed by atoms with van der Waals surface area (Å²) in [6, 6.07) is 7.77. The van der Waals surface area contributed by atoms with Gasteiger partial charge in [0.1, 0.15) is 5.56 Å². The Hall–Kier alpha value is -2.60. The highest BCUT2D eigenvalue weighted by molar-refractivity contribution is 6.34. The van der Waals surface area contributed by atoms with E-state index in [0.29, 0.717) is 5.69 Å². The molecule has 0 atom stereocenters. The van der Waals surface area contributed by atoms with Crippen molar-refractivity contribution >= 4 is 29.1 Å². The lowest BCUT2D eigenvalue weighted by Gasteiger charge is -2.13. The number of anilines is 1. The molecule has 0 saturated carbocycles. The SMILES string of the molecule is Cc1ccc(C(=O)Nc2ccc(Cl)c(C(=O)N(C)C)c2)c(=O)n1C. The van der Waals surface area contributed by atoms with Crippen LogP contribution in [0.5, 0.6) is 0 Å². The van der Waals surface area contributed by atoms with E-state index in [1.165, 1.54) is 27.7 Å². The Balaban J connectivity index is 2.34. The molecule has 2 amide bonds. The fourth-order valence-electron chi connectivity index (χ4n) is 2.11. The van der Waals surface area contributed by atoms with Crippen molar-refractivity contribution in [2.75, 3.05) is 19.4 Å². The predicted molar refractivity (Wildman–Crippen MR) is 93.8 cm³/mol. The molecule has 6 nitrogen and oxygen atoms in total. The molecule has 1 heterocycles. The van der Waals surface area contributed by atoms with Gasteiger partial charge >= 0.3 is 0 Å². The number of rotatable bonds is 3. The molecule has 0 aliphatic heterocycles. The van der Waals surface area contributed by atoms with Crippen molar-refractivity contribution in [3.05, 3.63) is 62.5 Å². The molecular formula is C17H18ClN3O3. The molecule has 0 radical (unpaired) electrons. The minimum absolute atomic E-state index is 0.0264. The summed E-state index contributed by atoms with van der Waals surface area (Å²) in [6.07, 6.45) is 0. The third-order valence-electron chi connectivity index (χ3n) is 3.66. The molecule has 0 bridgehead atoms. The second kappa shape index (κ2) is 6.88. The van der Waals surface area contributed by atoms with Gasteiger partial charge in [-0.1, -0.05) is 11.6 Å². The van der Waals surface area contributed by atoms with Gasteiger partial charge in [-0.2, -0.15) is 0 Å².